The van der Waals surface area contributed by atoms with Gasteiger partial charge in [0.15, 0.2) is 0 Å². The van der Waals surface area contributed by atoms with Crippen LogP contribution in [-0.2, 0) is 31.9 Å². The molecule has 2 aromatic heterocycles. The molecular weight excluding hydrogens is 1020 g/mol. The smallest absolute Gasteiger partial charge is 0.135 e. The quantitative estimate of drug-likeness (QED) is 0.142. The molecule has 0 radical (unpaired) electrons. The Morgan fingerprint density at radius 2 is 1.29 bits per heavy atom. The average Bonchev–Trinajstić information content (AvgIpc) is 4.11. The van der Waals surface area contributed by atoms with Crippen molar-refractivity contribution in [1.82, 2.24) is 9.55 Å². The Kier molecular flexibility index (Phi) is 9.62. The SMILES string of the molecule is [2H]c1c([2H])c([2H])c(-c2cnc(-n3c4[c-]c(Oc5[c-]c(N6[CH-]N(c7cc(C(C)(C)C)cc(C(C)(C)C)c7)c7c(-c8ccccc8)cccc76)ccc5)ccc4c4cc(-c5ccccc5)ccc43)cc2C([2H])([2H])[2H])c([2H])c1[2H].[Pt]. The number of benzene rings is 8. The summed E-state index contributed by atoms with van der Waals surface area (Å²) in [5.74, 6) is 1.03. The Morgan fingerprint density at radius 1 is 0.594 bits per heavy atom. The molecule has 8 aromatic carbocycles. The Morgan fingerprint density at radius 3 is 2.00 bits per heavy atom. The number of aromatic nitrogens is 2. The largest absolute Gasteiger partial charge is 0.509 e. The zero-order chi connectivity index (χ0) is 53.6. The van der Waals surface area contributed by atoms with Crippen molar-refractivity contribution in [1.29, 1.82) is 0 Å². The Hall–Kier alpha value is -7.20. The zero-order valence-electron chi connectivity index (χ0n) is 47.1. The van der Waals surface area contributed by atoms with E-state index in [0.29, 0.717) is 22.5 Å². The number of aryl methyl sites for hydroxylation is 1. The molecule has 5 nitrogen and oxygen atoms in total. The standard InChI is InChI=1S/C63H53N4O.Pt/c1-42-33-60(64-40-56(42)45-23-15-10-16-24-45)67-57-32-29-46(43-19-11-8-12-20-43)34-55(57)54-31-30-52(39-59(54)67)68-51-26-17-25-49(38-51)65-41-66(50-36-47(62(2,3)4)35-48(37-50)63(5,6)7)61-53(27-18-28-58(61)65)44-21-13-9-14-22-44;/h8-37,40-41H,1-7H3;/q-3;/i1D3,10D,15D,16D,23D,24D;. The summed E-state index contributed by atoms with van der Waals surface area (Å²) in [4.78, 5) is 9.22. The van der Waals surface area contributed by atoms with Gasteiger partial charge in [0.1, 0.15) is 5.82 Å². The fraction of sp³-hybridized carbons (Fsp3) is 0.143. The maximum Gasteiger partial charge on any atom is 0.135 e. The van der Waals surface area contributed by atoms with Gasteiger partial charge in [-0.2, -0.15) is 12.1 Å². The molecule has 1 aliphatic heterocycles. The van der Waals surface area contributed by atoms with Gasteiger partial charge in [-0.25, -0.2) is 4.98 Å². The summed E-state index contributed by atoms with van der Waals surface area (Å²) in [7, 11) is 0. The molecule has 0 spiro atoms. The van der Waals surface area contributed by atoms with Gasteiger partial charge < -0.3 is 19.1 Å². The normalized spacial score (nSPS) is 14.5. The third kappa shape index (κ3) is 8.66. The first-order chi connectivity index (χ1) is 36.2. The number of hydrogen-bond donors (Lipinski definition) is 0. The Bertz CT molecular complexity index is 3860. The van der Waals surface area contributed by atoms with E-state index in [1.54, 1.807) is 0 Å². The van der Waals surface area contributed by atoms with E-state index in [0.717, 1.165) is 55.8 Å². The topological polar surface area (TPSA) is 33.5 Å². The van der Waals surface area contributed by atoms with Crippen LogP contribution in [0.1, 0.15) is 69.2 Å². The van der Waals surface area contributed by atoms with Crippen molar-refractivity contribution >= 4 is 44.6 Å². The van der Waals surface area contributed by atoms with Gasteiger partial charge in [0, 0.05) is 76.6 Å². The summed E-state index contributed by atoms with van der Waals surface area (Å²) in [6, 6.07) is 55.1. The predicted octanol–water partition coefficient (Wildman–Crippen LogP) is 16.9. The third-order valence-electron chi connectivity index (χ3n) is 12.6. The van der Waals surface area contributed by atoms with Gasteiger partial charge in [-0.15, -0.1) is 48.1 Å². The zero-order valence-corrected chi connectivity index (χ0v) is 41.4. The van der Waals surface area contributed by atoms with Crippen LogP contribution in [0.2, 0.25) is 0 Å². The van der Waals surface area contributed by atoms with Crippen LogP contribution in [0.25, 0.3) is 61.0 Å². The molecule has 0 N–H and O–H groups in total. The van der Waals surface area contributed by atoms with Gasteiger partial charge in [-0.3, -0.25) is 0 Å². The number of para-hydroxylation sites is 1. The number of pyridine rings is 1. The summed E-state index contributed by atoms with van der Waals surface area (Å²) >= 11 is 0. The first-order valence-electron chi connectivity index (χ1n) is 26.8. The van der Waals surface area contributed by atoms with E-state index in [9.17, 15) is 0 Å². The van der Waals surface area contributed by atoms with Crippen molar-refractivity contribution in [3.63, 3.8) is 0 Å². The number of anilines is 4. The minimum atomic E-state index is -2.77. The number of nitrogens with zero attached hydrogens (tertiary/aromatic N) is 4. The second kappa shape index (κ2) is 18.0. The summed E-state index contributed by atoms with van der Waals surface area (Å²) in [6.45, 7) is 12.9. The molecule has 1 aliphatic rings. The van der Waals surface area contributed by atoms with Crippen LogP contribution in [0.3, 0.4) is 0 Å². The summed E-state index contributed by atoms with van der Waals surface area (Å²) < 4.78 is 76.8. The van der Waals surface area contributed by atoms with Crippen molar-refractivity contribution in [3.05, 3.63) is 224 Å². The van der Waals surface area contributed by atoms with Crippen molar-refractivity contribution in [2.45, 2.75) is 59.2 Å². The molecule has 0 atom stereocenters. The van der Waals surface area contributed by atoms with Gasteiger partial charge in [0.05, 0.1) is 6.85 Å². The molecule has 344 valence electrons. The molecule has 0 saturated heterocycles. The first kappa shape index (κ1) is 36.8. The van der Waals surface area contributed by atoms with Crippen molar-refractivity contribution in [3.8, 4) is 50.7 Å². The van der Waals surface area contributed by atoms with Crippen LogP contribution in [0.5, 0.6) is 11.5 Å². The fourth-order valence-corrected chi connectivity index (χ4v) is 9.01. The minimum Gasteiger partial charge on any atom is -0.509 e. The molecule has 0 bridgehead atoms. The van der Waals surface area contributed by atoms with Gasteiger partial charge in [-0.05, 0) is 92.3 Å². The van der Waals surface area contributed by atoms with Crippen molar-refractivity contribution in [2.75, 3.05) is 9.80 Å². The van der Waals surface area contributed by atoms with E-state index in [-0.39, 0.29) is 54.4 Å². The Labute approximate surface area is 432 Å². The fourth-order valence-electron chi connectivity index (χ4n) is 9.01. The van der Waals surface area contributed by atoms with Crippen LogP contribution in [-0.4, -0.2) is 9.55 Å². The summed E-state index contributed by atoms with van der Waals surface area (Å²) in [5.41, 5.74) is 11.0. The molecule has 11 rings (SSSR count). The molecule has 0 fully saturated rings. The van der Waals surface area contributed by atoms with Crippen LogP contribution in [0.4, 0.5) is 22.7 Å². The molecule has 0 saturated carbocycles. The van der Waals surface area contributed by atoms with E-state index >= 15 is 0 Å². The van der Waals surface area contributed by atoms with E-state index in [1.165, 1.54) is 23.4 Å². The van der Waals surface area contributed by atoms with E-state index < -0.39 is 37.1 Å². The molecule has 3 heterocycles. The number of fused-ring (bicyclic) bond motifs is 4. The molecule has 0 amide bonds. The molecule has 6 heteroatoms. The summed E-state index contributed by atoms with van der Waals surface area (Å²) in [6.07, 6.45) is 1.28. The number of ether oxygens (including phenoxy) is 1. The molecule has 0 unspecified atom stereocenters. The van der Waals surface area contributed by atoms with Gasteiger partial charge in [0.2, 0.25) is 0 Å². The van der Waals surface area contributed by atoms with Crippen LogP contribution < -0.4 is 14.5 Å². The summed E-state index contributed by atoms with van der Waals surface area (Å²) in [5, 5.41) is 1.65. The van der Waals surface area contributed by atoms with Crippen molar-refractivity contribution in [2.24, 2.45) is 0 Å². The maximum absolute atomic E-state index is 8.70. The predicted molar refractivity (Wildman–Crippen MR) is 283 cm³/mol. The monoisotopic (exact) mass is 1080 g/mol. The third-order valence-corrected chi connectivity index (χ3v) is 12.6. The van der Waals surface area contributed by atoms with E-state index in [2.05, 4.69) is 137 Å². The van der Waals surface area contributed by atoms with Crippen LogP contribution in [0, 0.1) is 25.7 Å². The van der Waals surface area contributed by atoms with Gasteiger partial charge in [0.25, 0.3) is 0 Å². The van der Waals surface area contributed by atoms with E-state index in [1.807, 2.05) is 83.4 Å². The number of rotatable bonds is 8. The van der Waals surface area contributed by atoms with Crippen molar-refractivity contribution < 1.29 is 36.8 Å². The minimum absolute atomic E-state index is 0. The maximum atomic E-state index is 8.70. The molecule has 69 heavy (non-hydrogen) atoms. The Balaban J connectivity index is 0.00000672. The average molecular weight is 1090 g/mol. The molecule has 0 aliphatic carbocycles. The second-order valence-corrected chi connectivity index (χ2v) is 19.3. The molecular formula is C63H53N4OPt-3. The molecule has 10 aromatic rings. The van der Waals surface area contributed by atoms with Gasteiger partial charge in [-0.1, -0.05) is 168 Å². The first-order valence-corrected chi connectivity index (χ1v) is 22.8. The van der Waals surface area contributed by atoms with Gasteiger partial charge >= 0.3 is 0 Å². The van der Waals surface area contributed by atoms with Crippen LogP contribution in [0.15, 0.2) is 188 Å². The number of hydrogen-bond acceptors (Lipinski definition) is 4. The second-order valence-electron chi connectivity index (χ2n) is 19.3. The van der Waals surface area contributed by atoms with Crippen LogP contribution >= 0.6 is 0 Å². The van der Waals surface area contributed by atoms with E-state index in [4.69, 9.17) is 20.7 Å².